The summed E-state index contributed by atoms with van der Waals surface area (Å²) in [7, 11) is 0. The van der Waals surface area contributed by atoms with Crippen LogP contribution in [0.2, 0.25) is 0 Å². The Hall–Kier alpha value is -2.06. The Morgan fingerprint density at radius 1 is 1.14 bits per heavy atom. The Morgan fingerprint density at radius 2 is 1.73 bits per heavy atom. The zero-order valence-electron chi connectivity index (χ0n) is 11.0. The summed E-state index contributed by atoms with van der Waals surface area (Å²) in [6.07, 6.45) is 2.91. The standard InChI is InChI=1S/C14H9BrN2O5/c15-7-5-6(17(20)21)1-2-8(7)16-13(18)11-9-3-4-10(22-9)12(11)14(16)19/h1-5,9-12H/t9-,10-,11+,12+/m1/s1. The first-order valence-electron chi connectivity index (χ1n) is 6.64. The van der Waals surface area contributed by atoms with Crippen molar-refractivity contribution in [3.05, 3.63) is 44.9 Å². The second-order valence-electron chi connectivity index (χ2n) is 5.41. The summed E-state index contributed by atoms with van der Waals surface area (Å²) in [4.78, 5) is 36.5. The Bertz CT molecular complexity index is 732. The minimum atomic E-state index is -0.533. The second-order valence-corrected chi connectivity index (χ2v) is 6.26. The van der Waals surface area contributed by atoms with Crippen LogP contribution in [-0.4, -0.2) is 28.9 Å². The molecular formula is C14H9BrN2O5. The van der Waals surface area contributed by atoms with Gasteiger partial charge in [-0.25, -0.2) is 4.90 Å². The topological polar surface area (TPSA) is 89.8 Å². The molecule has 0 aliphatic carbocycles. The van der Waals surface area contributed by atoms with Gasteiger partial charge in [0.25, 0.3) is 5.69 Å². The summed E-state index contributed by atoms with van der Waals surface area (Å²) in [5.74, 6) is -1.63. The van der Waals surface area contributed by atoms with Crippen molar-refractivity contribution in [3.63, 3.8) is 0 Å². The zero-order chi connectivity index (χ0) is 15.6. The van der Waals surface area contributed by atoms with Crippen molar-refractivity contribution in [2.75, 3.05) is 4.90 Å². The first kappa shape index (κ1) is 13.6. The molecule has 1 aromatic rings. The monoisotopic (exact) mass is 364 g/mol. The number of ether oxygens (including phenoxy) is 1. The van der Waals surface area contributed by atoms with E-state index in [1.165, 1.54) is 18.2 Å². The van der Waals surface area contributed by atoms with Gasteiger partial charge in [0, 0.05) is 16.6 Å². The smallest absolute Gasteiger partial charge is 0.270 e. The molecule has 0 N–H and O–H groups in total. The number of anilines is 1. The molecule has 2 amide bonds. The molecule has 1 aromatic carbocycles. The number of benzene rings is 1. The third-order valence-corrected chi connectivity index (χ3v) is 4.93. The van der Waals surface area contributed by atoms with Gasteiger partial charge in [-0.3, -0.25) is 19.7 Å². The Balaban J connectivity index is 1.74. The molecule has 8 heteroatoms. The van der Waals surface area contributed by atoms with Crippen LogP contribution in [0.1, 0.15) is 0 Å². The molecule has 2 saturated heterocycles. The number of amides is 2. The molecule has 0 radical (unpaired) electrons. The molecule has 3 heterocycles. The van der Waals surface area contributed by atoms with Crippen LogP contribution in [0.5, 0.6) is 0 Å². The first-order chi connectivity index (χ1) is 10.5. The molecule has 3 aliphatic heterocycles. The highest BCUT2D eigenvalue weighted by Gasteiger charge is 2.61. The number of hydrogen-bond donors (Lipinski definition) is 0. The van der Waals surface area contributed by atoms with E-state index in [2.05, 4.69) is 15.9 Å². The predicted molar refractivity (Wildman–Crippen MR) is 78.1 cm³/mol. The fourth-order valence-electron chi connectivity index (χ4n) is 3.33. The van der Waals surface area contributed by atoms with E-state index in [0.717, 1.165) is 4.90 Å². The van der Waals surface area contributed by atoms with Crippen LogP contribution in [0.4, 0.5) is 11.4 Å². The molecule has 3 aliphatic rings. The molecule has 7 nitrogen and oxygen atoms in total. The third-order valence-electron chi connectivity index (χ3n) is 4.29. The molecule has 2 bridgehead atoms. The molecule has 0 saturated carbocycles. The van der Waals surface area contributed by atoms with Gasteiger partial charge in [0.2, 0.25) is 11.8 Å². The molecule has 2 fully saturated rings. The van der Waals surface area contributed by atoms with Crippen molar-refractivity contribution in [1.82, 2.24) is 0 Å². The van der Waals surface area contributed by atoms with Crippen molar-refractivity contribution in [2.45, 2.75) is 12.2 Å². The lowest BCUT2D eigenvalue weighted by Crippen LogP contribution is -2.34. The van der Waals surface area contributed by atoms with Gasteiger partial charge >= 0.3 is 0 Å². The summed E-state index contributed by atoms with van der Waals surface area (Å²) in [5.41, 5.74) is 0.217. The number of non-ortho nitro benzene ring substituents is 1. The van der Waals surface area contributed by atoms with Gasteiger partial charge < -0.3 is 4.74 Å². The van der Waals surface area contributed by atoms with Gasteiger partial charge in [-0.1, -0.05) is 12.2 Å². The summed E-state index contributed by atoms with van der Waals surface area (Å²) in [5, 5.41) is 10.8. The van der Waals surface area contributed by atoms with Gasteiger partial charge in [-0.05, 0) is 22.0 Å². The first-order valence-corrected chi connectivity index (χ1v) is 7.44. The number of nitro benzene ring substituents is 1. The molecular weight excluding hydrogens is 356 g/mol. The van der Waals surface area contributed by atoms with Gasteiger partial charge in [0.15, 0.2) is 0 Å². The molecule has 0 aromatic heterocycles. The van der Waals surface area contributed by atoms with Crippen LogP contribution in [0.15, 0.2) is 34.8 Å². The summed E-state index contributed by atoms with van der Waals surface area (Å²) >= 11 is 3.21. The number of carbonyl (C=O) groups excluding carboxylic acids is 2. The van der Waals surface area contributed by atoms with E-state index < -0.39 is 16.8 Å². The Kier molecular flexibility index (Phi) is 2.76. The number of hydrogen-bond acceptors (Lipinski definition) is 5. The van der Waals surface area contributed by atoms with Crippen LogP contribution in [0.3, 0.4) is 0 Å². The summed E-state index contributed by atoms with van der Waals surface area (Å²) in [6, 6.07) is 3.97. The minimum absolute atomic E-state index is 0.111. The number of carbonyl (C=O) groups is 2. The number of nitrogens with zero attached hydrogens (tertiary/aromatic N) is 2. The quantitative estimate of drug-likeness (QED) is 0.345. The maximum absolute atomic E-state index is 12.6. The lowest BCUT2D eigenvalue weighted by Gasteiger charge is -2.18. The number of halogens is 1. The molecule has 4 atom stereocenters. The predicted octanol–water partition coefficient (Wildman–Crippen LogP) is 1.80. The van der Waals surface area contributed by atoms with E-state index in [0.29, 0.717) is 10.2 Å². The highest BCUT2D eigenvalue weighted by atomic mass is 79.9. The van der Waals surface area contributed by atoms with E-state index >= 15 is 0 Å². The van der Waals surface area contributed by atoms with Crippen LogP contribution in [0.25, 0.3) is 0 Å². The average Bonchev–Trinajstić information content (AvgIpc) is 3.14. The largest absolute Gasteiger partial charge is 0.365 e. The number of imide groups is 1. The minimum Gasteiger partial charge on any atom is -0.365 e. The van der Waals surface area contributed by atoms with Gasteiger partial charge in [-0.2, -0.15) is 0 Å². The molecule has 0 spiro atoms. The van der Waals surface area contributed by atoms with Crippen molar-refractivity contribution in [3.8, 4) is 0 Å². The van der Waals surface area contributed by atoms with E-state index in [1.807, 2.05) is 12.2 Å². The zero-order valence-corrected chi connectivity index (χ0v) is 12.6. The highest BCUT2D eigenvalue weighted by molar-refractivity contribution is 9.10. The fraction of sp³-hybridized carbons (Fsp3) is 0.286. The average molecular weight is 365 g/mol. The number of fused-ring (bicyclic) bond motifs is 5. The third kappa shape index (κ3) is 1.65. The number of nitro groups is 1. The van der Waals surface area contributed by atoms with Crippen LogP contribution in [0, 0.1) is 22.0 Å². The van der Waals surface area contributed by atoms with Crippen molar-refractivity contribution >= 4 is 39.1 Å². The maximum Gasteiger partial charge on any atom is 0.270 e. The van der Waals surface area contributed by atoms with E-state index in [4.69, 9.17) is 4.74 Å². The lowest BCUT2D eigenvalue weighted by atomic mass is 9.85. The van der Waals surface area contributed by atoms with Crippen molar-refractivity contribution in [1.29, 1.82) is 0 Å². The summed E-state index contributed by atoms with van der Waals surface area (Å²) < 4.78 is 5.90. The van der Waals surface area contributed by atoms with E-state index in [-0.39, 0.29) is 29.7 Å². The van der Waals surface area contributed by atoms with Crippen LogP contribution in [-0.2, 0) is 14.3 Å². The van der Waals surface area contributed by atoms with Crippen molar-refractivity contribution in [2.24, 2.45) is 11.8 Å². The lowest BCUT2D eigenvalue weighted by molar-refractivity contribution is -0.384. The highest BCUT2D eigenvalue weighted by Crippen LogP contribution is 2.47. The maximum atomic E-state index is 12.6. The normalized spacial score (nSPS) is 32.0. The van der Waals surface area contributed by atoms with Crippen molar-refractivity contribution < 1.29 is 19.2 Å². The Morgan fingerprint density at radius 3 is 2.23 bits per heavy atom. The van der Waals surface area contributed by atoms with Crippen LogP contribution < -0.4 is 4.90 Å². The van der Waals surface area contributed by atoms with E-state index in [9.17, 15) is 19.7 Å². The van der Waals surface area contributed by atoms with Gasteiger partial charge in [-0.15, -0.1) is 0 Å². The fourth-order valence-corrected chi connectivity index (χ4v) is 3.88. The molecule has 112 valence electrons. The number of rotatable bonds is 2. The Labute approximate surface area is 132 Å². The van der Waals surface area contributed by atoms with Gasteiger partial charge in [0.1, 0.15) is 0 Å². The van der Waals surface area contributed by atoms with E-state index in [1.54, 1.807) is 0 Å². The molecule has 0 unspecified atom stereocenters. The SMILES string of the molecule is O=C1[C@@H]2[C@@H](C(=O)N1c1ccc([N+](=O)[O-])cc1Br)[C@H]1C=C[C@H]2O1. The second kappa shape index (κ2) is 4.47. The molecule has 4 rings (SSSR count). The molecule has 22 heavy (non-hydrogen) atoms. The summed E-state index contributed by atoms with van der Waals surface area (Å²) in [6.45, 7) is 0. The van der Waals surface area contributed by atoms with Gasteiger partial charge in [0.05, 0.1) is 34.7 Å². The van der Waals surface area contributed by atoms with Crippen LogP contribution >= 0.6 is 15.9 Å².